The Morgan fingerprint density at radius 3 is 1.30 bits per heavy atom. The zero-order chi connectivity index (χ0) is 26.5. The van der Waals surface area contributed by atoms with E-state index in [-0.39, 0.29) is 61.8 Å². The van der Waals surface area contributed by atoms with Crippen LogP contribution in [-0.2, 0) is 37.0 Å². The van der Waals surface area contributed by atoms with Crippen LogP contribution in [0.1, 0.15) is 69.3 Å². The van der Waals surface area contributed by atoms with Gasteiger partial charge in [0.1, 0.15) is 0 Å². The molecule has 0 unspecified atom stereocenters. The molecule has 2 radical (unpaired) electrons. The Kier molecular flexibility index (Phi) is 11.4. The summed E-state index contributed by atoms with van der Waals surface area (Å²) in [4.78, 5) is 0. The molecule has 5 aromatic carbocycles. The fourth-order valence-electron chi connectivity index (χ4n) is 5.72. The van der Waals surface area contributed by atoms with E-state index in [1.54, 1.807) is 11.1 Å². The van der Waals surface area contributed by atoms with Gasteiger partial charge in [-0.15, -0.1) is 39.7 Å². The van der Waals surface area contributed by atoms with Crippen molar-refractivity contribution in [3.63, 3.8) is 0 Å². The summed E-state index contributed by atoms with van der Waals surface area (Å²) in [5, 5.41) is 5.39. The molecule has 206 valence electrons. The van der Waals surface area contributed by atoms with E-state index in [0.717, 1.165) is 0 Å². The third-order valence-electron chi connectivity index (χ3n) is 7.85. The molecule has 0 heterocycles. The molecule has 1 aliphatic rings. The number of hydrogen-bond acceptors (Lipinski definition) is 0. The molecule has 0 N–H and O–H groups in total. The van der Waals surface area contributed by atoms with Crippen LogP contribution >= 0.6 is 0 Å². The molecule has 0 amide bonds. The fraction of sp³-hybridized carbons (Fsp3) is 0.306. The van der Waals surface area contributed by atoms with Crippen molar-refractivity contribution in [1.29, 1.82) is 0 Å². The van der Waals surface area contributed by atoms with Gasteiger partial charge in [-0.25, -0.2) is 0 Å². The number of benzene rings is 4. The summed E-state index contributed by atoms with van der Waals surface area (Å²) in [5.74, 6) is 0. The van der Waals surface area contributed by atoms with Crippen molar-refractivity contribution in [3.05, 3.63) is 113 Å². The van der Waals surface area contributed by atoms with Gasteiger partial charge in [0.05, 0.1) is 8.80 Å². The Morgan fingerprint density at radius 2 is 0.950 bits per heavy atom. The number of rotatable bonds is 1. The standard InChI is InChI=1S/C23H31Si.C13H9.2ClH.Zr/c1-22(2,3)15-9-11-17-18-12-10-16(23(4,5)6)14-20(18)21(24(7)8)19(17)13-15;1-3-7-12-10(5-1)9-11-6-2-4-8-13(11)12;;;/h9-14,21H,1-8H3;1-9H;2*1H;/q;-1;;;+3/p-2. The average Bonchev–Trinajstić information content (AvgIpc) is 3.38. The molecule has 0 saturated heterocycles. The van der Waals surface area contributed by atoms with Crippen LogP contribution in [0.2, 0.25) is 13.1 Å². The Morgan fingerprint density at radius 1 is 0.575 bits per heavy atom. The van der Waals surface area contributed by atoms with E-state index >= 15 is 0 Å². The van der Waals surface area contributed by atoms with Crippen LogP contribution in [0.25, 0.3) is 32.7 Å². The Hall–Kier alpha value is -1.57. The van der Waals surface area contributed by atoms with Crippen molar-refractivity contribution in [1.82, 2.24) is 0 Å². The van der Waals surface area contributed by atoms with Crippen LogP contribution in [-0.4, -0.2) is 8.80 Å². The van der Waals surface area contributed by atoms with E-state index in [1.165, 1.54) is 43.8 Å². The molecule has 4 heteroatoms. The molecule has 5 aromatic rings. The van der Waals surface area contributed by atoms with Crippen LogP contribution in [0.4, 0.5) is 0 Å². The largest absolute Gasteiger partial charge is 3.00 e. The minimum absolute atomic E-state index is 0. The van der Waals surface area contributed by atoms with Gasteiger partial charge in [-0.3, -0.25) is 0 Å². The van der Waals surface area contributed by atoms with Crippen molar-refractivity contribution >= 4 is 30.3 Å². The number of hydrogen-bond donors (Lipinski definition) is 0. The molecule has 0 saturated carbocycles. The third-order valence-corrected chi connectivity index (χ3v) is 9.62. The summed E-state index contributed by atoms with van der Waals surface area (Å²) in [6.07, 6.45) is 0. The Bertz CT molecular complexity index is 1470. The van der Waals surface area contributed by atoms with Crippen molar-refractivity contribution < 1.29 is 51.0 Å². The molecular weight excluding hydrogens is 623 g/mol. The zero-order valence-electron chi connectivity index (χ0n) is 25.0. The maximum atomic E-state index is 2.49. The summed E-state index contributed by atoms with van der Waals surface area (Å²) in [6.45, 7) is 18.8. The van der Waals surface area contributed by atoms with Gasteiger partial charge in [-0.05, 0) is 44.2 Å². The summed E-state index contributed by atoms with van der Waals surface area (Å²) >= 11 is 0. The molecule has 0 aromatic heterocycles. The molecule has 6 rings (SSSR count). The topological polar surface area (TPSA) is 0 Å². The molecule has 1 aliphatic carbocycles. The summed E-state index contributed by atoms with van der Waals surface area (Å²) in [6, 6.07) is 33.7. The quantitative estimate of drug-likeness (QED) is 0.185. The van der Waals surface area contributed by atoms with E-state index in [0.29, 0.717) is 5.54 Å². The first-order valence-corrected chi connectivity index (χ1v) is 16.2. The molecule has 0 bridgehead atoms. The van der Waals surface area contributed by atoms with Gasteiger partial charge in [-0.1, -0.05) is 127 Å². The smallest absolute Gasteiger partial charge is 1.00 e. The number of fused-ring (bicyclic) bond motifs is 6. The Labute approximate surface area is 274 Å². The van der Waals surface area contributed by atoms with Gasteiger partial charge in [0.25, 0.3) is 0 Å². The minimum atomic E-state index is -0.459. The molecule has 0 aliphatic heterocycles. The van der Waals surface area contributed by atoms with Crippen LogP contribution < -0.4 is 24.8 Å². The molecule has 0 fully saturated rings. The second-order valence-corrected chi connectivity index (χ2v) is 15.7. The summed E-state index contributed by atoms with van der Waals surface area (Å²) < 4.78 is 0. The monoisotopic (exact) mass is 660 g/mol. The first-order valence-electron chi connectivity index (χ1n) is 13.6. The van der Waals surface area contributed by atoms with Gasteiger partial charge in [-0.2, -0.15) is 0 Å². The van der Waals surface area contributed by atoms with Crippen LogP contribution in [0.5, 0.6) is 0 Å². The van der Waals surface area contributed by atoms with E-state index < -0.39 is 8.80 Å². The maximum Gasteiger partial charge on any atom is 3.00 e. The zero-order valence-corrected chi connectivity index (χ0v) is 30.0. The van der Waals surface area contributed by atoms with E-state index in [1.807, 2.05) is 0 Å². The predicted molar refractivity (Wildman–Crippen MR) is 166 cm³/mol. The third kappa shape index (κ3) is 6.73. The van der Waals surface area contributed by atoms with E-state index in [9.17, 15) is 0 Å². The molecule has 0 spiro atoms. The summed E-state index contributed by atoms with van der Waals surface area (Å²) in [7, 11) is -0.459. The predicted octanol–water partition coefficient (Wildman–Crippen LogP) is 4.40. The van der Waals surface area contributed by atoms with Gasteiger partial charge in [0.15, 0.2) is 0 Å². The second kappa shape index (κ2) is 13.2. The maximum absolute atomic E-state index is 2.49. The number of halogens is 2. The van der Waals surface area contributed by atoms with Gasteiger partial charge >= 0.3 is 26.2 Å². The van der Waals surface area contributed by atoms with Crippen molar-refractivity contribution in [3.8, 4) is 11.1 Å². The minimum Gasteiger partial charge on any atom is -1.00 e. The van der Waals surface area contributed by atoms with Crippen LogP contribution in [0.3, 0.4) is 0 Å². The van der Waals surface area contributed by atoms with Gasteiger partial charge in [0.2, 0.25) is 0 Å². The molecule has 0 atom stereocenters. The fourth-order valence-corrected chi connectivity index (χ4v) is 7.44. The molecular formula is C36H40Cl2SiZr. The molecule has 0 nitrogen and oxygen atoms in total. The summed E-state index contributed by atoms with van der Waals surface area (Å²) in [5.41, 5.74) is 10.0. The van der Waals surface area contributed by atoms with E-state index in [4.69, 9.17) is 0 Å². The molecule has 40 heavy (non-hydrogen) atoms. The Balaban J connectivity index is 0.000000298. The van der Waals surface area contributed by atoms with Crippen molar-refractivity contribution in [2.45, 2.75) is 71.0 Å². The SMILES string of the molecule is C[Si](C)C1c2cc(C(C)(C)C)ccc2-c2ccc(C(C)(C)C)cc21.[Cl-].[Cl-].[Zr+3].c1ccc2c(c1)[cH-]c1ccccc12. The second-order valence-electron chi connectivity index (χ2n) is 12.9. The van der Waals surface area contributed by atoms with E-state index in [2.05, 4.69) is 146 Å². The van der Waals surface area contributed by atoms with Gasteiger partial charge < -0.3 is 24.8 Å². The first-order chi connectivity index (χ1) is 17.4. The van der Waals surface area contributed by atoms with Crippen molar-refractivity contribution in [2.75, 3.05) is 0 Å². The van der Waals surface area contributed by atoms with Crippen LogP contribution in [0, 0.1) is 0 Å². The normalized spacial score (nSPS) is 12.5. The first kappa shape index (κ1) is 34.6. The van der Waals surface area contributed by atoms with Gasteiger partial charge in [0, 0.05) is 5.54 Å². The average molecular weight is 663 g/mol. The van der Waals surface area contributed by atoms with Crippen LogP contribution in [0.15, 0.2) is 91.0 Å². The van der Waals surface area contributed by atoms with Crippen molar-refractivity contribution in [2.24, 2.45) is 0 Å².